The van der Waals surface area contributed by atoms with Crippen molar-refractivity contribution in [2.45, 2.75) is 52.1 Å². The number of carbonyl (C=O) groups is 1. The molecule has 0 spiro atoms. The van der Waals surface area contributed by atoms with Crippen LogP contribution < -0.4 is 0 Å². The van der Waals surface area contributed by atoms with Gasteiger partial charge in [0.2, 0.25) is 0 Å². The Balaban J connectivity index is 1.80. The summed E-state index contributed by atoms with van der Waals surface area (Å²) in [5, 5.41) is 0. The van der Waals surface area contributed by atoms with Crippen LogP contribution >= 0.6 is 0 Å². The molecule has 1 aliphatic heterocycles. The average Bonchev–Trinajstić information content (AvgIpc) is 2.88. The molecule has 0 aliphatic carbocycles. The van der Waals surface area contributed by atoms with Crippen molar-refractivity contribution in [3.05, 3.63) is 18.2 Å². The summed E-state index contributed by atoms with van der Waals surface area (Å²) in [4.78, 5) is 21.1. The molecule has 1 aliphatic rings. The molecule has 1 unspecified atom stereocenters. The molecule has 1 aromatic heterocycles. The minimum Gasteiger partial charge on any atom is -0.444 e. The fraction of sp³-hybridized carbons (Fsp3) is 0.733. The molecule has 0 radical (unpaired) electrons. The number of aromatic amines is 1. The maximum Gasteiger partial charge on any atom is 0.410 e. The number of ether oxygens (including phenoxy) is 1. The number of aromatic nitrogens is 2. The molecular weight excluding hydrogens is 254 g/mol. The Morgan fingerprint density at radius 3 is 3.00 bits per heavy atom. The fourth-order valence-corrected chi connectivity index (χ4v) is 2.57. The molecule has 1 fully saturated rings. The zero-order valence-electron chi connectivity index (χ0n) is 12.7. The minimum absolute atomic E-state index is 0.177. The molecule has 20 heavy (non-hydrogen) atoms. The van der Waals surface area contributed by atoms with Gasteiger partial charge in [-0.15, -0.1) is 0 Å². The second-order valence-electron chi connectivity index (χ2n) is 6.55. The summed E-state index contributed by atoms with van der Waals surface area (Å²) >= 11 is 0. The van der Waals surface area contributed by atoms with Gasteiger partial charge in [-0.1, -0.05) is 0 Å². The number of piperidine rings is 1. The lowest BCUT2D eigenvalue weighted by Crippen LogP contribution is -2.42. The third-order valence-corrected chi connectivity index (χ3v) is 3.55. The van der Waals surface area contributed by atoms with Crippen molar-refractivity contribution in [1.82, 2.24) is 14.9 Å². The van der Waals surface area contributed by atoms with Crippen LogP contribution in [-0.2, 0) is 11.2 Å². The van der Waals surface area contributed by atoms with Gasteiger partial charge in [0.05, 0.1) is 6.33 Å². The van der Waals surface area contributed by atoms with E-state index in [-0.39, 0.29) is 6.09 Å². The fourth-order valence-electron chi connectivity index (χ4n) is 2.57. The highest BCUT2D eigenvalue weighted by Crippen LogP contribution is 2.22. The monoisotopic (exact) mass is 279 g/mol. The van der Waals surface area contributed by atoms with E-state index in [0.29, 0.717) is 5.92 Å². The molecular formula is C15H25N3O2. The molecule has 1 atom stereocenters. The SMILES string of the molecule is CC(C)(C)OC(=O)N1CCCC(CCc2cnc[nH]2)C1. The number of likely N-dealkylation sites (tertiary alicyclic amines) is 1. The van der Waals surface area contributed by atoms with Crippen LogP contribution in [0.1, 0.15) is 45.7 Å². The third kappa shape index (κ3) is 4.54. The minimum atomic E-state index is -0.417. The van der Waals surface area contributed by atoms with E-state index in [2.05, 4.69) is 9.97 Å². The summed E-state index contributed by atoms with van der Waals surface area (Å²) in [5.41, 5.74) is 0.749. The highest BCUT2D eigenvalue weighted by Gasteiger charge is 2.27. The Labute approximate surface area is 120 Å². The highest BCUT2D eigenvalue weighted by atomic mass is 16.6. The molecule has 1 saturated heterocycles. The number of nitrogens with one attached hydrogen (secondary N) is 1. The molecule has 1 aromatic rings. The Hall–Kier alpha value is -1.52. The van der Waals surface area contributed by atoms with E-state index in [9.17, 15) is 4.79 Å². The van der Waals surface area contributed by atoms with E-state index in [0.717, 1.165) is 32.4 Å². The van der Waals surface area contributed by atoms with E-state index < -0.39 is 5.60 Å². The first kappa shape index (κ1) is 14.9. The van der Waals surface area contributed by atoms with Gasteiger partial charge in [-0.3, -0.25) is 0 Å². The third-order valence-electron chi connectivity index (χ3n) is 3.55. The first-order chi connectivity index (χ1) is 9.44. The Morgan fingerprint density at radius 2 is 2.35 bits per heavy atom. The molecule has 0 aromatic carbocycles. The van der Waals surface area contributed by atoms with Crippen LogP contribution in [0.15, 0.2) is 12.5 Å². The van der Waals surface area contributed by atoms with Gasteiger partial charge in [0.25, 0.3) is 0 Å². The van der Waals surface area contributed by atoms with Crippen molar-refractivity contribution in [3.8, 4) is 0 Å². The van der Waals surface area contributed by atoms with Gasteiger partial charge in [0.1, 0.15) is 5.60 Å². The average molecular weight is 279 g/mol. The summed E-state index contributed by atoms with van der Waals surface area (Å²) in [6, 6.07) is 0. The van der Waals surface area contributed by atoms with Crippen LogP contribution in [0.4, 0.5) is 4.79 Å². The van der Waals surface area contributed by atoms with Crippen molar-refractivity contribution in [2.75, 3.05) is 13.1 Å². The van der Waals surface area contributed by atoms with E-state index in [1.807, 2.05) is 31.9 Å². The van der Waals surface area contributed by atoms with Crippen molar-refractivity contribution in [2.24, 2.45) is 5.92 Å². The van der Waals surface area contributed by atoms with E-state index in [1.54, 1.807) is 6.33 Å². The Morgan fingerprint density at radius 1 is 1.55 bits per heavy atom. The van der Waals surface area contributed by atoms with Crippen LogP contribution in [0.2, 0.25) is 0 Å². The predicted molar refractivity (Wildman–Crippen MR) is 77.4 cm³/mol. The zero-order chi connectivity index (χ0) is 14.6. The van der Waals surface area contributed by atoms with Gasteiger partial charge in [-0.05, 0) is 52.4 Å². The number of aryl methyl sites for hydroxylation is 1. The maximum absolute atomic E-state index is 12.1. The van der Waals surface area contributed by atoms with Crippen molar-refractivity contribution >= 4 is 6.09 Å². The van der Waals surface area contributed by atoms with Crippen LogP contribution in [-0.4, -0.2) is 39.7 Å². The molecule has 5 nitrogen and oxygen atoms in total. The number of hydrogen-bond donors (Lipinski definition) is 1. The summed E-state index contributed by atoms with van der Waals surface area (Å²) in [7, 11) is 0. The number of carbonyl (C=O) groups excluding carboxylic acids is 1. The summed E-state index contributed by atoms with van der Waals surface area (Å²) in [6.45, 7) is 7.35. The molecule has 1 N–H and O–H groups in total. The Bertz CT molecular complexity index is 423. The number of H-pyrrole nitrogens is 1. The van der Waals surface area contributed by atoms with Crippen molar-refractivity contribution in [1.29, 1.82) is 0 Å². The number of amides is 1. The van der Waals surface area contributed by atoms with E-state index in [4.69, 9.17) is 4.74 Å². The molecule has 0 bridgehead atoms. The van der Waals surface area contributed by atoms with Crippen molar-refractivity contribution < 1.29 is 9.53 Å². The lowest BCUT2D eigenvalue weighted by atomic mass is 9.93. The van der Waals surface area contributed by atoms with Crippen molar-refractivity contribution in [3.63, 3.8) is 0 Å². The number of rotatable bonds is 3. The first-order valence-electron chi connectivity index (χ1n) is 7.39. The molecule has 1 amide bonds. The summed E-state index contributed by atoms with van der Waals surface area (Å²) in [6.07, 6.45) is 7.73. The van der Waals surface area contributed by atoms with Gasteiger partial charge in [-0.25, -0.2) is 9.78 Å². The first-order valence-corrected chi connectivity index (χ1v) is 7.39. The maximum atomic E-state index is 12.1. The number of imidazole rings is 1. The standard InChI is InChI=1S/C15H25N3O2/c1-15(2,3)20-14(19)18-8-4-5-12(10-18)6-7-13-9-16-11-17-13/h9,11-12H,4-8,10H2,1-3H3,(H,16,17). The van der Waals surface area contributed by atoms with Crippen LogP contribution in [0.3, 0.4) is 0 Å². The smallest absolute Gasteiger partial charge is 0.410 e. The van der Waals surface area contributed by atoms with Gasteiger partial charge < -0.3 is 14.6 Å². The van der Waals surface area contributed by atoms with Gasteiger partial charge in [0, 0.05) is 25.0 Å². The zero-order valence-corrected chi connectivity index (χ0v) is 12.7. The van der Waals surface area contributed by atoms with Gasteiger partial charge >= 0.3 is 6.09 Å². The van der Waals surface area contributed by atoms with Crippen LogP contribution in [0.5, 0.6) is 0 Å². The highest BCUT2D eigenvalue weighted by molar-refractivity contribution is 5.68. The normalized spacial score (nSPS) is 19.9. The lowest BCUT2D eigenvalue weighted by molar-refractivity contribution is 0.0162. The van der Waals surface area contributed by atoms with Gasteiger partial charge in [0.15, 0.2) is 0 Å². The molecule has 5 heteroatoms. The van der Waals surface area contributed by atoms with E-state index in [1.165, 1.54) is 12.1 Å². The van der Waals surface area contributed by atoms with Crippen LogP contribution in [0, 0.1) is 5.92 Å². The topological polar surface area (TPSA) is 58.2 Å². The molecule has 2 heterocycles. The lowest BCUT2D eigenvalue weighted by Gasteiger charge is -2.34. The number of hydrogen-bond acceptors (Lipinski definition) is 3. The number of nitrogens with zero attached hydrogens (tertiary/aromatic N) is 2. The quantitative estimate of drug-likeness (QED) is 0.925. The molecule has 0 saturated carbocycles. The predicted octanol–water partition coefficient (Wildman–Crippen LogP) is 2.99. The largest absolute Gasteiger partial charge is 0.444 e. The molecule has 112 valence electrons. The Kier molecular flexibility index (Phi) is 4.68. The summed E-state index contributed by atoms with van der Waals surface area (Å²) in [5.74, 6) is 0.555. The second kappa shape index (κ2) is 6.29. The van der Waals surface area contributed by atoms with E-state index >= 15 is 0 Å². The molecule has 2 rings (SSSR count). The second-order valence-corrected chi connectivity index (χ2v) is 6.55. The van der Waals surface area contributed by atoms with Gasteiger partial charge in [-0.2, -0.15) is 0 Å². The summed E-state index contributed by atoms with van der Waals surface area (Å²) < 4.78 is 5.45. The van der Waals surface area contributed by atoms with Crippen LogP contribution in [0.25, 0.3) is 0 Å².